The van der Waals surface area contributed by atoms with Gasteiger partial charge in [0.25, 0.3) is 5.91 Å². The van der Waals surface area contributed by atoms with Crippen LogP contribution >= 0.6 is 24.0 Å². The van der Waals surface area contributed by atoms with Crippen molar-refractivity contribution in [1.82, 2.24) is 4.90 Å². The molecule has 0 N–H and O–H groups in total. The van der Waals surface area contributed by atoms with Crippen molar-refractivity contribution in [3.63, 3.8) is 0 Å². The molecule has 1 aromatic rings. The Labute approximate surface area is 177 Å². The highest BCUT2D eigenvalue weighted by Crippen LogP contribution is 2.35. The summed E-state index contributed by atoms with van der Waals surface area (Å²) in [6, 6.07) is 5.74. The van der Waals surface area contributed by atoms with Crippen molar-refractivity contribution in [1.29, 1.82) is 0 Å². The van der Waals surface area contributed by atoms with Gasteiger partial charge in [-0.3, -0.25) is 9.69 Å². The molecule has 28 heavy (non-hydrogen) atoms. The predicted octanol–water partition coefficient (Wildman–Crippen LogP) is 4.89. The Bertz CT molecular complexity index is 706. The molecule has 2 rings (SSSR count). The number of nitrogens with zero attached hydrogens (tertiary/aromatic N) is 1. The molecule has 7 heteroatoms. The highest BCUT2D eigenvalue weighted by molar-refractivity contribution is 8.26. The highest BCUT2D eigenvalue weighted by Gasteiger charge is 2.31. The van der Waals surface area contributed by atoms with Crippen molar-refractivity contribution in [3.8, 4) is 11.5 Å². The fourth-order valence-electron chi connectivity index (χ4n) is 2.64. The SMILES string of the molecule is CCCCOc1ccc(/C=C2\SC(=S)N(CCCOCC)C2=O)cc1OCC. The number of hydrogen-bond acceptors (Lipinski definition) is 6. The molecule has 1 amide bonds. The van der Waals surface area contributed by atoms with Gasteiger partial charge < -0.3 is 14.2 Å². The van der Waals surface area contributed by atoms with Gasteiger partial charge in [0.05, 0.1) is 18.1 Å². The van der Waals surface area contributed by atoms with Gasteiger partial charge in [0.2, 0.25) is 0 Å². The number of rotatable bonds is 12. The smallest absolute Gasteiger partial charge is 0.266 e. The van der Waals surface area contributed by atoms with E-state index < -0.39 is 0 Å². The summed E-state index contributed by atoms with van der Waals surface area (Å²) >= 11 is 6.71. The Kier molecular flexibility index (Phi) is 9.81. The number of ether oxygens (including phenoxy) is 3. The minimum absolute atomic E-state index is 0.0484. The Balaban J connectivity index is 2.09. The normalized spacial score (nSPS) is 15.5. The number of unbranched alkanes of at least 4 members (excludes halogenated alkanes) is 1. The second-order valence-electron chi connectivity index (χ2n) is 6.23. The summed E-state index contributed by atoms with van der Waals surface area (Å²) in [5.74, 6) is 1.38. The molecule has 1 aromatic carbocycles. The minimum atomic E-state index is -0.0484. The van der Waals surface area contributed by atoms with Crippen molar-refractivity contribution in [2.75, 3.05) is 33.0 Å². The van der Waals surface area contributed by atoms with Gasteiger partial charge in [-0.15, -0.1) is 0 Å². The van der Waals surface area contributed by atoms with Gasteiger partial charge >= 0.3 is 0 Å². The van der Waals surface area contributed by atoms with Crippen molar-refractivity contribution in [2.45, 2.75) is 40.0 Å². The molecule has 0 unspecified atom stereocenters. The topological polar surface area (TPSA) is 48.0 Å². The molecular formula is C21H29NO4S2. The summed E-state index contributed by atoms with van der Waals surface area (Å²) in [5, 5.41) is 0. The zero-order valence-corrected chi connectivity index (χ0v) is 18.5. The lowest BCUT2D eigenvalue weighted by atomic mass is 10.2. The number of hydrogen-bond donors (Lipinski definition) is 0. The van der Waals surface area contributed by atoms with Crippen LogP contribution in [0.5, 0.6) is 11.5 Å². The molecule has 1 aliphatic heterocycles. The Hall–Kier alpha value is -1.57. The van der Waals surface area contributed by atoms with Crippen molar-refractivity contribution >= 4 is 40.3 Å². The molecule has 0 radical (unpaired) electrons. The van der Waals surface area contributed by atoms with Crippen LogP contribution in [0.3, 0.4) is 0 Å². The monoisotopic (exact) mass is 423 g/mol. The summed E-state index contributed by atoms with van der Waals surface area (Å²) in [4.78, 5) is 15.0. The molecule has 154 valence electrons. The summed E-state index contributed by atoms with van der Waals surface area (Å²) in [6.07, 6.45) is 4.71. The molecule has 1 heterocycles. The number of thiocarbonyl (C=S) groups is 1. The largest absolute Gasteiger partial charge is 0.490 e. The molecule has 1 saturated heterocycles. The molecule has 5 nitrogen and oxygen atoms in total. The maximum absolute atomic E-state index is 12.7. The quantitative estimate of drug-likeness (QED) is 0.271. The predicted molar refractivity (Wildman–Crippen MR) is 119 cm³/mol. The van der Waals surface area contributed by atoms with Gasteiger partial charge in [-0.25, -0.2) is 0 Å². The summed E-state index contributed by atoms with van der Waals surface area (Å²) in [6.45, 7) is 9.13. The first-order chi connectivity index (χ1) is 13.6. The summed E-state index contributed by atoms with van der Waals surface area (Å²) in [5.41, 5.74) is 0.890. The van der Waals surface area contributed by atoms with Gasteiger partial charge in [0, 0.05) is 19.8 Å². The Morgan fingerprint density at radius 2 is 1.89 bits per heavy atom. The molecule has 0 saturated carbocycles. The van der Waals surface area contributed by atoms with Crippen LogP contribution in [0.1, 0.15) is 45.6 Å². The Morgan fingerprint density at radius 1 is 1.07 bits per heavy atom. The molecular weight excluding hydrogens is 394 g/mol. The van der Waals surface area contributed by atoms with E-state index in [1.807, 2.05) is 38.1 Å². The van der Waals surface area contributed by atoms with Crippen molar-refractivity contribution < 1.29 is 19.0 Å². The number of thioether (sulfide) groups is 1. The lowest BCUT2D eigenvalue weighted by molar-refractivity contribution is -0.122. The first-order valence-electron chi connectivity index (χ1n) is 9.83. The highest BCUT2D eigenvalue weighted by atomic mass is 32.2. The number of benzene rings is 1. The van der Waals surface area contributed by atoms with Crippen LogP contribution in [0.25, 0.3) is 6.08 Å². The van der Waals surface area contributed by atoms with E-state index in [2.05, 4.69) is 6.92 Å². The van der Waals surface area contributed by atoms with Crippen LogP contribution in [0.4, 0.5) is 0 Å². The average molecular weight is 424 g/mol. The van der Waals surface area contributed by atoms with Crippen LogP contribution in [-0.2, 0) is 9.53 Å². The van der Waals surface area contributed by atoms with Crippen molar-refractivity contribution in [2.24, 2.45) is 0 Å². The summed E-state index contributed by atoms with van der Waals surface area (Å²) < 4.78 is 17.5. The van der Waals surface area contributed by atoms with E-state index in [-0.39, 0.29) is 5.91 Å². The van der Waals surface area contributed by atoms with Gasteiger partial charge in [0.1, 0.15) is 4.32 Å². The van der Waals surface area contributed by atoms with E-state index in [9.17, 15) is 4.79 Å². The van der Waals surface area contributed by atoms with E-state index in [0.717, 1.165) is 30.6 Å². The van der Waals surface area contributed by atoms with Crippen molar-refractivity contribution in [3.05, 3.63) is 28.7 Å². The van der Waals surface area contributed by atoms with Crippen LogP contribution in [0.15, 0.2) is 23.1 Å². The van der Waals surface area contributed by atoms with Crippen LogP contribution in [0.2, 0.25) is 0 Å². The average Bonchev–Trinajstić information content (AvgIpc) is 2.94. The van der Waals surface area contributed by atoms with Gasteiger partial charge in [-0.05, 0) is 50.5 Å². The van der Waals surface area contributed by atoms with Crippen LogP contribution in [0, 0.1) is 0 Å². The first kappa shape index (κ1) is 22.7. The summed E-state index contributed by atoms with van der Waals surface area (Å²) in [7, 11) is 0. The standard InChI is InChI=1S/C21H29NO4S2/c1-4-7-13-26-17-10-9-16(14-18(17)25-6-3)15-19-20(23)22(21(27)28-19)11-8-12-24-5-2/h9-10,14-15H,4-8,11-13H2,1-3H3/b19-15-. The maximum Gasteiger partial charge on any atom is 0.266 e. The third-order valence-corrected chi connectivity index (χ3v) is 5.45. The number of amides is 1. The number of carbonyl (C=O) groups excluding carboxylic acids is 1. The minimum Gasteiger partial charge on any atom is -0.490 e. The fourth-order valence-corrected chi connectivity index (χ4v) is 3.95. The molecule has 0 aliphatic carbocycles. The Morgan fingerprint density at radius 3 is 2.61 bits per heavy atom. The molecule has 0 spiro atoms. The second-order valence-corrected chi connectivity index (χ2v) is 7.90. The van der Waals surface area contributed by atoms with Gasteiger partial charge in [-0.2, -0.15) is 0 Å². The number of carbonyl (C=O) groups is 1. The van der Waals surface area contributed by atoms with E-state index in [4.69, 9.17) is 26.4 Å². The van der Waals surface area contributed by atoms with Gasteiger partial charge in [-0.1, -0.05) is 43.4 Å². The zero-order valence-electron chi connectivity index (χ0n) is 16.9. The lowest BCUT2D eigenvalue weighted by Crippen LogP contribution is -2.29. The maximum atomic E-state index is 12.7. The third kappa shape index (κ3) is 6.50. The molecule has 1 fully saturated rings. The van der Waals surface area contributed by atoms with Crippen LogP contribution in [-0.4, -0.2) is 48.1 Å². The molecule has 1 aliphatic rings. The molecule has 0 bridgehead atoms. The lowest BCUT2D eigenvalue weighted by Gasteiger charge is -2.14. The van der Waals surface area contributed by atoms with E-state index in [1.165, 1.54) is 11.8 Å². The van der Waals surface area contributed by atoms with E-state index in [0.29, 0.717) is 47.9 Å². The first-order valence-corrected chi connectivity index (χ1v) is 11.1. The molecule has 0 aromatic heterocycles. The van der Waals surface area contributed by atoms with E-state index in [1.54, 1.807) is 4.90 Å². The van der Waals surface area contributed by atoms with E-state index >= 15 is 0 Å². The second kappa shape index (κ2) is 12.1. The zero-order chi connectivity index (χ0) is 20.4. The third-order valence-electron chi connectivity index (χ3n) is 4.07. The molecule has 0 atom stereocenters. The van der Waals surface area contributed by atoms with Crippen LogP contribution < -0.4 is 9.47 Å². The fraction of sp³-hybridized carbons (Fsp3) is 0.524. The van der Waals surface area contributed by atoms with Gasteiger partial charge in [0.15, 0.2) is 11.5 Å².